The zero-order chi connectivity index (χ0) is 48.2. The predicted molar refractivity (Wildman–Crippen MR) is 245 cm³/mol. The Balaban J connectivity index is 1.70. The van der Waals surface area contributed by atoms with Gasteiger partial charge in [-0.15, -0.1) is 0 Å². The number of aliphatic hydroxyl groups excluding tert-OH is 2. The number of ketones is 3. The van der Waals surface area contributed by atoms with Crippen LogP contribution in [0.3, 0.4) is 0 Å². The van der Waals surface area contributed by atoms with Crippen LogP contribution < -0.4 is 0 Å². The van der Waals surface area contributed by atoms with E-state index in [-0.39, 0.29) is 54.8 Å². The Morgan fingerprint density at radius 3 is 2.25 bits per heavy atom. The molecule has 0 radical (unpaired) electrons. The van der Waals surface area contributed by atoms with Crippen molar-refractivity contribution in [3.8, 4) is 0 Å². The minimum atomic E-state index is -2.43. The lowest BCUT2D eigenvalue weighted by Gasteiger charge is -2.42. The molecule has 65 heavy (non-hydrogen) atoms. The highest BCUT2D eigenvalue weighted by Crippen LogP contribution is 2.38. The van der Waals surface area contributed by atoms with Gasteiger partial charge in [0.15, 0.2) is 5.78 Å². The average Bonchev–Trinajstić information content (AvgIpc) is 3.28. The molecule has 4 rings (SSSR count). The van der Waals surface area contributed by atoms with Gasteiger partial charge in [-0.05, 0) is 107 Å². The minimum Gasteiger partial charge on any atom is -0.460 e. The lowest BCUT2D eigenvalue weighted by Crippen LogP contribution is -2.61. The van der Waals surface area contributed by atoms with Crippen LogP contribution in [0.25, 0.3) is 0 Å². The zero-order valence-electron chi connectivity index (χ0n) is 40.6. The molecule has 1 aliphatic carbocycles. The monoisotopic (exact) mass is 914 g/mol. The zero-order valence-corrected chi connectivity index (χ0v) is 40.6. The fourth-order valence-corrected chi connectivity index (χ4v) is 10.1. The first kappa shape index (κ1) is 54.2. The van der Waals surface area contributed by atoms with Crippen molar-refractivity contribution in [3.05, 3.63) is 47.6 Å². The van der Waals surface area contributed by atoms with Gasteiger partial charge in [0.2, 0.25) is 5.79 Å². The van der Waals surface area contributed by atoms with Crippen LogP contribution in [0.1, 0.15) is 126 Å². The maximum Gasteiger partial charge on any atom is 0.329 e. The third kappa shape index (κ3) is 14.3. The molecule has 3 fully saturated rings. The van der Waals surface area contributed by atoms with Crippen LogP contribution in [0.2, 0.25) is 0 Å². The molecule has 0 aromatic heterocycles. The number of amides is 1. The van der Waals surface area contributed by atoms with Gasteiger partial charge in [-0.3, -0.25) is 19.2 Å². The van der Waals surface area contributed by atoms with Crippen molar-refractivity contribution < 1.29 is 63.0 Å². The Morgan fingerprint density at radius 2 is 1.57 bits per heavy atom. The number of hydrogen-bond donors (Lipinski definition) is 3. The number of cyclic esters (lactones) is 1. The first-order valence-electron chi connectivity index (χ1n) is 23.9. The largest absolute Gasteiger partial charge is 0.460 e. The Morgan fingerprint density at radius 1 is 0.846 bits per heavy atom. The van der Waals surface area contributed by atoms with Crippen LogP contribution in [0, 0.1) is 35.5 Å². The minimum absolute atomic E-state index is 0.0193. The number of carbonyl (C=O) groups is 5. The molecule has 14 heteroatoms. The molecule has 3 aliphatic heterocycles. The smallest absolute Gasteiger partial charge is 0.329 e. The van der Waals surface area contributed by atoms with E-state index < -0.39 is 83.9 Å². The second-order valence-corrected chi connectivity index (χ2v) is 19.6. The molecule has 2 unspecified atom stereocenters. The number of piperidine rings is 1. The predicted octanol–water partition coefficient (Wildman–Crippen LogP) is 6.18. The first-order valence-corrected chi connectivity index (χ1v) is 23.9. The summed E-state index contributed by atoms with van der Waals surface area (Å²) in [6.45, 7) is 12.7. The van der Waals surface area contributed by atoms with E-state index in [0.29, 0.717) is 63.4 Å². The Bertz CT molecular complexity index is 1760. The number of carbonyl (C=O) groups excluding carboxylic acids is 5. The van der Waals surface area contributed by atoms with Crippen LogP contribution in [0.5, 0.6) is 0 Å². The number of fused-ring (bicyclic) bond motifs is 3. The van der Waals surface area contributed by atoms with E-state index in [0.717, 1.165) is 12.0 Å². The molecule has 1 saturated carbocycles. The van der Waals surface area contributed by atoms with Gasteiger partial charge in [0.05, 0.1) is 24.4 Å². The van der Waals surface area contributed by atoms with E-state index in [1.165, 1.54) is 12.0 Å². The Labute approximate surface area is 387 Å². The van der Waals surface area contributed by atoms with Crippen molar-refractivity contribution in [2.24, 2.45) is 35.5 Å². The first-order chi connectivity index (χ1) is 30.7. The molecule has 2 bridgehead atoms. The second kappa shape index (κ2) is 25.1. The summed E-state index contributed by atoms with van der Waals surface area (Å²) in [7, 11) is 4.52. The summed E-state index contributed by atoms with van der Waals surface area (Å²) in [5, 5.41) is 33.8. The Hall–Kier alpha value is -3.37. The maximum atomic E-state index is 14.4. The molecule has 2 saturated heterocycles. The summed E-state index contributed by atoms with van der Waals surface area (Å²) in [4.78, 5) is 71.8. The van der Waals surface area contributed by atoms with Crippen LogP contribution >= 0.6 is 0 Å². The SMILES string of the molecule is CO[C@H]1C[C@@H]2CC[C@@H](C)[C@@](O)(O2)C(=O)C(=O)N2CCCC[C@H]2C(=O)O[C@H](C(C)CC2CC[C@@H](O)[C@H](OC)C2)CC(=O)[C@H](C)/C=C(\C)[C@@H](O)[C@@H](OC)C(=O)[C@@H](C)C[C@H](C)C=C/C=C/C=C\1C. The van der Waals surface area contributed by atoms with E-state index >= 15 is 0 Å². The van der Waals surface area contributed by atoms with Gasteiger partial charge in [-0.1, -0.05) is 71.1 Å². The highest BCUT2D eigenvalue weighted by molar-refractivity contribution is 6.39. The standard InChI is InChI=1S/C51H79NO13/c1-30-16-12-11-13-17-31(2)42(61-8)28-38-21-19-36(7)51(60,65-38)48(57)49(58)52-23-15-14-18-39(52)50(59)64-43(33(4)26-37-20-22-40(53)44(27-37)62-9)29-41(54)32(3)25-35(6)46(56)47(63-10)45(55)34(5)24-30/h11-13,16-17,25,30,32-34,36-40,42-44,46-47,53,56,60H,14-15,18-24,26-29H2,1-10H3/b13-11+,16-12?,31-17-,35-25+/t30-,32-,33?,34+,36-,37?,38+,39+,40-,42+,43+,44-,46-,47+,51-/m1/s1. The number of hydrogen-bond acceptors (Lipinski definition) is 13. The van der Waals surface area contributed by atoms with E-state index in [9.17, 15) is 39.3 Å². The van der Waals surface area contributed by atoms with E-state index in [1.807, 2.05) is 58.1 Å². The number of methoxy groups -OCH3 is 3. The number of Topliss-reactive ketones (excluding diaryl/α,β-unsaturated/α-hetero) is 3. The van der Waals surface area contributed by atoms with E-state index in [1.54, 1.807) is 41.1 Å². The van der Waals surface area contributed by atoms with Crippen molar-refractivity contribution in [1.29, 1.82) is 0 Å². The normalized spacial score (nSPS) is 39.9. The summed E-state index contributed by atoms with van der Waals surface area (Å²) in [6, 6.07) is -1.14. The number of ether oxygens (including phenoxy) is 5. The van der Waals surface area contributed by atoms with Crippen LogP contribution in [0.15, 0.2) is 47.6 Å². The molecule has 14 nitrogen and oxygen atoms in total. The molecule has 3 N–H and O–H groups in total. The lowest BCUT2D eigenvalue weighted by molar-refractivity contribution is -0.265. The van der Waals surface area contributed by atoms with E-state index in [2.05, 4.69) is 0 Å². The third-order valence-electron chi connectivity index (χ3n) is 14.5. The van der Waals surface area contributed by atoms with Crippen LogP contribution in [-0.4, -0.2) is 132 Å². The highest BCUT2D eigenvalue weighted by Gasteiger charge is 2.53. The van der Waals surface area contributed by atoms with Crippen molar-refractivity contribution >= 4 is 29.2 Å². The molecule has 4 aliphatic rings. The number of nitrogens with zero attached hydrogens (tertiary/aromatic N) is 1. The van der Waals surface area contributed by atoms with Gasteiger partial charge in [0, 0.05) is 58.5 Å². The van der Waals surface area contributed by atoms with Crippen LogP contribution in [0.4, 0.5) is 0 Å². The molecule has 3 heterocycles. The van der Waals surface area contributed by atoms with Crippen molar-refractivity contribution in [2.75, 3.05) is 27.9 Å². The quantitative estimate of drug-likeness (QED) is 0.156. The van der Waals surface area contributed by atoms with Gasteiger partial charge in [-0.25, -0.2) is 4.79 Å². The highest BCUT2D eigenvalue weighted by atomic mass is 16.6. The summed E-state index contributed by atoms with van der Waals surface area (Å²) >= 11 is 0. The van der Waals surface area contributed by atoms with E-state index in [4.69, 9.17) is 23.7 Å². The molecule has 366 valence electrons. The summed E-state index contributed by atoms with van der Waals surface area (Å²) in [6.07, 6.45) is 11.2. The lowest BCUT2D eigenvalue weighted by atomic mass is 9.78. The second-order valence-electron chi connectivity index (χ2n) is 19.6. The summed E-state index contributed by atoms with van der Waals surface area (Å²) in [5.41, 5.74) is 1.27. The maximum absolute atomic E-state index is 14.4. The molecular formula is C51H79NO13. The molecule has 1 amide bonds. The van der Waals surface area contributed by atoms with Gasteiger partial charge >= 0.3 is 5.97 Å². The Kier molecular flexibility index (Phi) is 21.0. The number of esters is 1. The molecular weight excluding hydrogens is 835 g/mol. The van der Waals surface area contributed by atoms with Crippen LogP contribution in [-0.2, 0) is 47.7 Å². The molecule has 0 spiro atoms. The van der Waals surface area contributed by atoms with Crippen molar-refractivity contribution in [3.63, 3.8) is 0 Å². The topological polar surface area (TPSA) is 195 Å². The molecule has 0 aromatic carbocycles. The fourth-order valence-electron chi connectivity index (χ4n) is 10.1. The average molecular weight is 914 g/mol. The fraction of sp³-hybridized carbons (Fsp3) is 0.745. The molecule has 0 aromatic rings. The molecule has 15 atom stereocenters. The van der Waals surface area contributed by atoms with Crippen molar-refractivity contribution in [1.82, 2.24) is 4.90 Å². The third-order valence-corrected chi connectivity index (χ3v) is 14.5. The number of rotatable bonds is 6. The van der Waals surface area contributed by atoms with Gasteiger partial charge < -0.3 is 43.9 Å². The van der Waals surface area contributed by atoms with Gasteiger partial charge in [0.25, 0.3) is 11.7 Å². The van der Waals surface area contributed by atoms with Gasteiger partial charge in [-0.2, -0.15) is 0 Å². The summed E-state index contributed by atoms with van der Waals surface area (Å²) < 4.78 is 29.4. The van der Waals surface area contributed by atoms with Gasteiger partial charge in [0.1, 0.15) is 30.1 Å². The summed E-state index contributed by atoms with van der Waals surface area (Å²) in [5.74, 6) is -7.96. The number of allylic oxidation sites excluding steroid dienone is 6. The number of aliphatic hydroxyl groups is 3. The van der Waals surface area contributed by atoms with Crippen molar-refractivity contribution in [2.45, 2.75) is 180 Å².